The predicted molar refractivity (Wildman–Crippen MR) is 94.0 cm³/mol. The van der Waals surface area contributed by atoms with Crippen molar-refractivity contribution in [3.05, 3.63) is 11.6 Å². The van der Waals surface area contributed by atoms with Gasteiger partial charge in [0, 0.05) is 18.3 Å². The smallest absolute Gasteiger partial charge is 0.176 e. The van der Waals surface area contributed by atoms with Crippen LogP contribution in [-0.4, -0.2) is 17.3 Å². The average Bonchev–Trinajstić information content (AvgIpc) is 2.89. The van der Waals surface area contributed by atoms with Crippen LogP contribution in [0, 0.1) is 39.9 Å². The van der Waals surface area contributed by atoms with Crippen molar-refractivity contribution in [1.29, 1.82) is 5.41 Å². The number of hydrogen-bond acceptors (Lipinski definition) is 3. The maximum absolute atomic E-state index is 12.2. The van der Waals surface area contributed by atoms with E-state index in [-0.39, 0.29) is 28.4 Å². The summed E-state index contributed by atoms with van der Waals surface area (Å²) in [5.74, 6) is 1.94. The zero-order chi connectivity index (χ0) is 17.3. The lowest BCUT2D eigenvalue weighted by Gasteiger charge is -2.55. The van der Waals surface area contributed by atoms with Crippen LogP contribution in [0.3, 0.4) is 0 Å². The van der Waals surface area contributed by atoms with Crippen LogP contribution in [0.4, 0.5) is 0 Å². The summed E-state index contributed by atoms with van der Waals surface area (Å²) in [6, 6.07) is 0. The molecule has 3 nitrogen and oxygen atoms in total. The van der Waals surface area contributed by atoms with Gasteiger partial charge in [-0.15, -0.1) is 0 Å². The van der Waals surface area contributed by atoms with E-state index in [0.717, 1.165) is 32.1 Å². The largest absolute Gasteiger partial charge is 0.301 e. The zero-order valence-electron chi connectivity index (χ0n) is 15.2. The maximum Gasteiger partial charge on any atom is 0.176 e. The van der Waals surface area contributed by atoms with Gasteiger partial charge in [0.05, 0.1) is 5.71 Å². The quantitative estimate of drug-likeness (QED) is 0.728. The number of Topliss-reactive ketones (excluding diaryl/α,β-unsaturated/α-hetero) is 2. The highest BCUT2D eigenvalue weighted by atomic mass is 16.1. The number of nitrogens with one attached hydrogen (secondary N) is 1. The van der Waals surface area contributed by atoms with E-state index in [9.17, 15) is 9.59 Å². The molecule has 4 aliphatic rings. The van der Waals surface area contributed by atoms with E-state index in [4.69, 9.17) is 5.41 Å². The Morgan fingerprint density at radius 3 is 2.67 bits per heavy atom. The van der Waals surface area contributed by atoms with Crippen LogP contribution in [0.1, 0.15) is 65.7 Å². The van der Waals surface area contributed by atoms with Crippen molar-refractivity contribution in [2.24, 2.45) is 34.5 Å². The number of carbonyl (C=O) groups is 2. The maximum atomic E-state index is 12.2. The van der Waals surface area contributed by atoms with Crippen LogP contribution in [-0.2, 0) is 9.59 Å². The lowest BCUT2D eigenvalue weighted by Crippen LogP contribution is -2.51. The van der Waals surface area contributed by atoms with E-state index >= 15 is 0 Å². The van der Waals surface area contributed by atoms with Gasteiger partial charge in [0.25, 0.3) is 0 Å². The summed E-state index contributed by atoms with van der Waals surface area (Å²) in [4.78, 5) is 24.2. The van der Waals surface area contributed by atoms with Crippen molar-refractivity contribution < 1.29 is 9.59 Å². The van der Waals surface area contributed by atoms with Crippen molar-refractivity contribution >= 4 is 17.3 Å². The molecule has 0 amide bonds. The fourth-order valence-corrected chi connectivity index (χ4v) is 6.95. The fraction of sp³-hybridized carbons (Fsp3) is 0.762. The first-order chi connectivity index (χ1) is 11.3. The first-order valence-electron chi connectivity index (χ1n) is 9.61. The van der Waals surface area contributed by atoms with Gasteiger partial charge in [0.15, 0.2) is 5.78 Å². The summed E-state index contributed by atoms with van der Waals surface area (Å²) in [6.45, 7) is 6.41. The normalized spacial score (nSPS) is 47.5. The molecule has 0 aromatic carbocycles. The third-order valence-corrected chi connectivity index (χ3v) is 8.26. The van der Waals surface area contributed by atoms with Crippen LogP contribution in [0.2, 0.25) is 0 Å². The molecule has 1 unspecified atom stereocenters. The highest BCUT2D eigenvalue weighted by Crippen LogP contribution is 2.64. The summed E-state index contributed by atoms with van der Waals surface area (Å²) in [7, 11) is 0. The number of carbonyl (C=O) groups excluding carboxylic acids is 2. The number of ketones is 2. The Labute approximate surface area is 144 Å². The van der Waals surface area contributed by atoms with Gasteiger partial charge in [-0.2, -0.15) is 0 Å². The fourth-order valence-electron chi connectivity index (χ4n) is 6.95. The van der Waals surface area contributed by atoms with E-state index < -0.39 is 0 Å². The minimum atomic E-state index is 0.00352. The molecule has 0 aromatic heterocycles. The minimum Gasteiger partial charge on any atom is -0.301 e. The standard InChI is InChI=1S/C21H29NO2/c1-12(23)14-6-7-15-13-4-5-17-19(22)18(24)9-11-21(17,3)16(13)8-10-20(14,15)2/h8,13-15,17,22H,4-7,9-11H2,1-3H3/t13-,14+,15-,17?,20+,21+/m0/s1. The Hall–Kier alpha value is -1.25. The molecule has 1 N–H and O–H groups in total. The Bertz CT molecular complexity index is 663. The Morgan fingerprint density at radius 2 is 1.96 bits per heavy atom. The summed E-state index contributed by atoms with van der Waals surface area (Å²) in [5.41, 5.74) is 2.04. The van der Waals surface area contributed by atoms with Gasteiger partial charge >= 0.3 is 0 Å². The number of rotatable bonds is 1. The molecule has 0 heterocycles. The lowest BCUT2D eigenvalue weighted by atomic mass is 9.48. The summed E-state index contributed by atoms with van der Waals surface area (Å²) >= 11 is 0. The molecule has 0 radical (unpaired) electrons. The SMILES string of the molecule is CC(=O)[C@H]1CC[C@H]2[C@@H]3CCC4C(=N)C(=O)CC[C@]4(C)C3=CC[C@]12C. The first kappa shape index (κ1) is 16.2. The predicted octanol–water partition coefficient (Wildman–Crippen LogP) is 4.35. The van der Waals surface area contributed by atoms with Crippen molar-refractivity contribution in [1.82, 2.24) is 0 Å². The van der Waals surface area contributed by atoms with Crippen molar-refractivity contribution in [3.63, 3.8) is 0 Å². The molecule has 3 heteroatoms. The van der Waals surface area contributed by atoms with Crippen LogP contribution in [0.15, 0.2) is 11.6 Å². The van der Waals surface area contributed by atoms with E-state index in [0.29, 0.717) is 29.8 Å². The molecule has 0 aliphatic heterocycles. The van der Waals surface area contributed by atoms with Crippen molar-refractivity contribution in [2.45, 2.75) is 65.7 Å². The second-order valence-corrected chi connectivity index (χ2v) is 9.21. The number of allylic oxidation sites excluding steroid dienone is 2. The molecule has 0 bridgehead atoms. The molecule has 3 saturated carbocycles. The first-order valence-corrected chi connectivity index (χ1v) is 9.61. The Balaban J connectivity index is 1.72. The number of hydrogen-bond donors (Lipinski definition) is 1. The van der Waals surface area contributed by atoms with E-state index in [1.807, 2.05) is 0 Å². The zero-order valence-corrected chi connectivity index (χ0v) is 15.2. The van der Waals surface area contributed by atoms with Gasteiger partial charge in [-0.25, -0.2) is 0 Å². The Kier molecular flexibility index (Phi) is 3.47. The molecule has 3 fully saturated rings. The Morgan fingerprint density at radius 1 is 1.21 bits per heavy atom. The molecule has 0 saturated heterocycles. The van der Waals surface area contributed by atoms with E-state index in [1.165, 1.54) is 12.0 Å². The third-order valence-electron chi connectivity index (χ3n) is 8.26. The second-order valence-electron chi connectivity index (χ2n) is 9.21. The molecular formula is C21H29NO2. The lowest BCUT2D eigenvalue weighted by molar-refractivity contribution is -0.125. The monoisotopic (exact) mass is 327 g/mol. The van der Waals surface area contributed by atoms with Gasteiger partial charge in [-0.05, 0) is 68.1 Å². The molecule has 4 rings (SSSR count). The highest BCUT2D eigenvalue weighted by molar-refractivity contribution is 6.40. The van der Waals surface area contributed by atoms with Crippen LogP contribution in [0.25, 0.3) is 0 Å². The van der Waals surface area contributed by atoms with E-state index in [1.54, 1.807) is 6.92 Å². The molecule has 130 valence electrons. The van der Waals surface area contributed by atoms with Gasteiger partial charge in [0.1, 0.15) is 5.78 Å². The summed E-state index contributed by atoms with van der Waals surface area (Å²) < 4.78 is 0. The van der Waals surface area contributed by atoms with Gasteiger partial charge in [-0.3, -0.25) is 9.59 Å². The highest BCUT2D eigenvalue weighted by Gasteiger charge is 2.58. The third kappa shape index (κ3) is 1.93. The van der Waals surface area contributed by atoms with E-state index in [2.05, 4.69) is 19.9 Å². The second kappa shape index (κ2) is 5.12. The molecule has 4 aliphatic carbocycles. The van der Waals surface area contributed by atoms with Gasteiger partial charge < -0.3 is 5.41 Å². The van der Waals surface area contributed by atoms with Crippen molar-refractivity contribution in [3.8, 4) is 0 Å². The topological polar surface area (TPSA) is 58.0 Å². The van der Waals surface area contributed by atoms with Crippen LogP contribution in [0.5, 0.6) is 0 Å². The average molecular weight is 327 g/mol. The van der Waals surface area contributed by atoms with Crippen LogP contribution < -0.4 is 0 Å². The van der Waals surface area contributed by atoms with Gasteiger partial charge in [0.2, 0.25) is 0 Å². The summed E-state index contributed by atoms with van der Waals surface area (Å²) in [6.07, 6.45) is 9.14. The van der Waals surface area contributed by atoms with Crippen LogP contribution >= 0.6 is 0 Å². The number of fused-ring (bicyclic) bond motifs is 5. The van der Waals surface area contributed by atoms with Crippen molar-refractivity contribution in [2.75, 3.05) is 0 Å². The summed E-state index contributed by atoms with van der Waals surface area (Å²) in [5, 5.41) is 8.30. The molecular weight excluding hydrogens is 298 g/mol. The van der Waals surface area contributed by atoms with Gasteiger partial charge in [-0.1, -0.05) is 25.5 Å². The molecule has 6 atom stereocenters. The molecule has 0 aromatic rings. The molecule has 0 spiro atoms. The molecule has 24 heavy (non-hydrogen) atoms. The minimum absolute atomic E-state index is 0.00352.